The first kappa shape index (κ1) is 42.4. The Balaban J connectivity index is 1.33. The van der Waals surface area contributed by atoms with Gasteiger partial charge in [0.05, 0.1) is 17.4 Å². The summed E-state index contributed by atoms with van der Waals surface area (Å²) in [6.07, 6.45) is 9.80. The maximum atomic E-state index is 13.6. The number of sulfonamides is 1. The summed E-state index contributed by atoms with van der Waals surface area (Å²) >= 11 is 6.40. The number of nitrogens with zero attached hydrogens (tertiary/aromatic N) is 3. The number of aliphatic hydroxyl groups excluding tert-OH is 1. The van der Waals surface area contributed by atoms with Gasteiger partial charge in [-0.25, -0.2) is 13.1 Å². The van der Waals surface area contributed by atoms with Crippen LogP contribution in [0.3, 0.4) is 0 Å². The third-order valence-electron chi connectivity index (χ3n) is 12.8. The van der Waals surface area contributed by atoms with Gasteiger partial charge in [-0.3, -0.25) is 19.4 Å². The third kappa shape index (κ3) is 9.90. The third-order valence-corrected chi connectivity index (χ3v) is 15.0. The number of aryl methyl sites for hydroxylation is 1. The van der Waals surface area contributed by atoms with Crippen LogP contribution in [0.5, 0.6) is 5.75 Å². The van der Waals surface area contributed by atoms with E-state index in [9.17, 15) is 28.2 Å². The van der Waals surface area contributed by atoms with E-state index < -0.39 is 32.8 Å². The molecule has 2 aromatic rings. The summed E-state index contributed by atoms with van der Waals surface area (Å²) in [5.74, 6) is -0.746. The molecule has 6 rings (SSSR count). The highest BCUT2D eigenvalue weighted by Gasteiger charge is 2.48. The fourth-order valence-corrected chi connectivity index (χ4v) is 10.5. The summed E-state index contributed by atoms with van der Waals surface area (Å²) < 4.78 is 42.7. The molecule has 2 bridgehead atoms. The van der Waals surface area contributed by atoms with Crippen LogP contribution in [0.25, 0.3) is 0 Å². The SMILES string of the molecule is CO[C@@]1(CN2CCN([C@@H](CCO)CC(=O)O)CC2)/C=C/C[C@H](C)[C@@H](C)S(=O)(=O)NC(=O)c2ccc3c(c2)N(CCCCc2cc(Cl)ccc2CO3)C[C@@H]2CC[C@H]21. The number of rotatable bonds is 8. The molecule has 12 nitrogen and oxygen atoms in total. The molecule has 2 aromatic carbocycles. The second-order valence-electron chi connectivity index (χ2n) is 16.3. The monoisotopic (exact) mass is 814 g/mol. The summed E-state index contributed by atoms with van der Waals surface area (Å²) in [6.45, 7) is 8.73. The largest absolute Gasteiger partial charge is 0.487 e. The van der Waals surface area contributed by atoms with E-state index in [2.05, 4.69) is 31.6 Å². The molecule has 14 heteroatoms. The number of methoxy groups -OCH3 is 1. The Morgan fingerprint density at radius 1 is 1.07 bits per heavy atom. The van der Waals surface area contributed by atoms with Crippen molar-refractivity contribution in [3.8, 4) is 5.75 Å². The van der Waals surface area contributed by atoms with Gasteiger partial charge in [0.2, 0.25) is 10.0 Å². The molecule has 0 aromatic heterocycles. The molecule has 3 aliphatic heterocycles. The highest BCUT2D eigenvalue weighted by Crippen LogP contribution is 2.47. The predicted molar refractivity (Wildman–Crippen MR) is 218 cm³/mol. The van der Waals surface area contributed by atoms with Crippen molar-refractivity contribution in [3.05, 3.63) is 70.3 Å². The van der Waals surface area contributed by atoms with Crippen LogP contribution in [-0.2, 0) is 32.6 Å². The number of aliphatic carboxylic acids is 1. The van der Waals surface area contributed by atoms with Crippen molar-refractivity contribution >= 4 is 39.2 Å². The van der Waals surface area contributed by atoms with Crippen LogP contribution in [0, 0.1) is 17.8 Å². The summed E-state index contributed by atoms with van der Waals surface area (Å²) in [6, 6.07) is 10.9. The normalized spacial score (nSPS) is 28.9. The highest BCUT2D eigenvalue weighted by molar-refractivity contribution is 7.90. The summed E-state index contributed by atoms with van der Waals surface area (Å²) in [5.41, 5.74) is 2.59. The molecule has 308 valence electrons. The summed E-state index contributed by atoms with van der Waals surface area (Å²) in [7, 11) is -2.24. The van der Waals surface area contributed by atoms with Crippen LogP contribution in [0.1, 0.15) is 80.3 Å². The van der Waals surface area contributed by atoms with Crippen LogP contribution >= 0.6 is 11.6 Å². The number of hydrogen-bond donors (Lipinski definition) is 3. The predicted octanol–water partition coefficient (Wildman–Crippen LogP) is 5.36. The number of anilines is 1. The van der Waals surface area contributed by atoms with Crippen molar-refractivity contribution in [2.45, 2.75) is 88.7 Å². The number of carboxylic acids is 1. The molecule has 3 N–H and O–H groups in total. The molecule has 1 saturated heterocycles. The molecular formula is C42H59ClN4O8S. The van der Waals surface area contributed by atoms with Crippen molar-refractivity contribution in [2.75, 3.05) is 64.4 Å². The molecule has 1 saturated carbocycles. The maximum absolute atomic E-state index is 13.6. The zero-order valence-electron chi connectivity index (χ0n) is 33.0. The number of halogens is 1. The van der Waals surface area contributed by atoms with Gasteiger partial charge in [-0.2, -0.15) is 0 Å². The van der Waals surface area contributed by atoms with Gasteiger partial charge in [0.1, 0.15) is 18.0 Å². The van der Waals surface area contributed by atoms with Crippen LogP contribution < -0.4 is 14.4 Å². The lowest BCUT2D eigenvalue weighted by Gasteiger charge is -2.52. The number of piperazine rings is 1. The number of ether oxygens (including phenoxy) is 2. The average Bonchev–Trinajstić information content (AvgIpc) is 3.18. The van der Waals surface area contributed by atoms with Gasteiger partial charge < -0.3 is 24.6 Å². The molecule has 0 unspecified atom stereocenters. The second kappa shape index (κ2) is 18.6. The molecule has 1 amide bonds. The molecule has 4 aliphatic rings. The molecule has 0 radical (unpaired) electrons. The first-order valence-electron chi connectivity index (χ1n) is 20.2. The number of hydrogen-bond acceptors (Lipinski definition) is 10. The Hall–Kier alpha value is -3.20. The number of amides is 1. The number of carbonyl (C=O) groups is 2. The summed E-state index contributed by atoms with van der Waals surface area (Å²) in [4.78, 5) is 32.1. The Morgan fingerprint density at radius 3 is 2.55 bits per heavy atom. The minimum Gasteiger partial charge on any atom is -0.487 e. The topological polar surface area (TPSA) is 149 Å². The van der Waals surface area contributed by atoms with Gasteiger partial charge >= 0.3 is 5.97 Å². The molecule has 0 spiro atoms. The Bertz CT molecular complexity index is 1840. The van der Waals surface area contributed by atoms with Gasteiger partial charge in [0.15, 0.2) is 0 Å². The number of nitrogens with one attached hydrogen (secondary N) is 1. The van der Waals surface area contributed by atoms with E-state index in [1.54, 1.807) is 32.2 Å². The van der Waals surface area contributed by atoms with E-state index in [1.807, 2.05) is 25.1 Å². The van der Waals surface area contributed by atoms with Crippen molar-refractivity contribution < 1.29 is 37.7 Å². The van der Waals surface area contributed by atoms with E-state index in [1.165, 1.54) is 0 Å². The van der Waals surface area contributed by atoms with E-state index in [4.69, 9.17) is 21.1 Å². The average molecular weight is 815 g/mol. The number of aliphatic hydroxyl groups is 1. The molecule has 1 aliphatic carbocycles. The minimum atomic E-state index is -4.01. The number of carboxylic acid groups (broad SMARTS) is 1. The first-order chi connectivity index (χ1) is 26.8. The smallest absolute Gasteiger partial charge is 0.304 e. The first-order valence-corrected chi connectivity index (χ1v) is 22.1. The van der Waals surface area contributed by atoms with Gasteiger partial charge in [0.25, 0.3) is 5.91 Å². The van der Waals surface area contributed by atoms with Crippen molar-refractivity contribution in [1.29, 1.82) is 0 Å². The van der Waals surface area contributed by atoms with Gasteiger partial charge in [-0.1, -0.05) is 36.7 Å². The van der Waals surface area contributed by atoms with E-state index >= 15 is 0 Å². The Kier molecular flexibility index (Phi) is 14.1. The number of benzene rings is 2. The lowest BCUT2D eigenvalue weighted by molar-refractivity contribution is -0.138. The number of allylic oxidation sites excluding steroid dienone is 1. The van der Waals surface area contributed by atoms with Crippen LogP contribution in [0.2, 0.25) is 5.02 Å². The van der Waals surface area contributed by atoms with Crippen molar-refractivity contribution in [2.24, 2.45) is 17.8 Å². The van der Waals surface area contributed by atoms with Gasteiger partial charge in [-0.15, -0.1) is 0 Å². The van der Waals surface area contributed by atoms with Crippen LogP contribution in [0.15, 0.2) is 48.6 Å². The zero-order chi connectivity index (χ0) is 40.0. The van der Waals surface area contributed by atoms with Gasteiger partial charge in [0, 0.05) is 76.2 Å². The molecular weight excluding hydrogens is 756 g/mol. The lowest BCUT2D eigenvalue weighted by atomic mass is 9.63. The fourth-order valence-electron chi connectivity index (χ4n) is 9.03. The zero-order valence-corrected chi connectivity index (χ0v) is 34.6. The second-order valence-corrected chi connectivity index (χ2v) is 18.7. The van der Waals surface area contributed by atoms with E-state index in [0.29, 0.717) is 56.4 Å². The van der Waals surface area contributed by atoms with E-state index in [-0.39, 0.29) is 42.4 Å². The number of carbonyl (C=O) groups excluding carboxylic acids is 1. The maximum Gasteiger partial charge on any atom is 0.304 e. The van der Waals surface area contributed by atoms with E-state index in [0.717, 1.165) is 68.6 Å². The highest BCUT2D eigenvalue weighted by atomic mass is 35.5. The summed E-state index contributed by atoms with van der Waals surface area (Å²) in [5, 5.41) is 19.0. The molecule has 56 heavy (non-hydrogen) atoms. The molecule has 3 heterocycles. The van der Waals surface area contributed by atoms with Gasteiger partial charge in [-0.05, 0) is 111 Å². The Labute approximate surface area is 337 Å². The quantitative estimate of drug-likeness (QED) is 0.296. The fraction of sp³-hybridized carbons (Fsp3) is 0.619. The Morgan fingerprint density at radius 2 is 1.86 bits per heavy atom. The molecule has 2 fully saturated rings. The van der Waals surface area contributed by atoms with Crippen molar-refractivity contribution in [3.63, 3.8) is 0 Å². The lowest BCUT2D eigenvalue weighted by Crippen LogP contribution is -2.59. The van der Waals surface area contributed by atoms with Crippen molar-refractivity contribution in [1.82, 2.24) is 14.5 Å². The number of fused-ring (bicyclic) bond motifs is 3. The minimum absolute atomic E-state index is 0.00147. The van der Waals surface area contributed by atoms with Crippen LogP contribution in [-0.4, -0.2) is 117 Å². The molecule has 6 atom stereocenters. The standard InChI is InChI=1S/C42H59ClN4O8S/c1-29-7-6-16-42(54-3,28-45-18-20-46(21-19-45)36(15-22-48)25-40(49)50)37-13-10-33(37)26-47-17-5-4-8-31-23-35(43)12-9-34(31)27-55-39-14-11-32(24-38(39)47)41(51)44-56(52,53)30(29)2/h6,9,11-12,14,16,23-24,29-30,33,36-37,48H,4-5,7-8,10,13,15,17-22,25-28H2,1-3H3,(H,44,51)(H,49,50)/b16-6+/t29-,30+,33-,36-,37+,42+/m0/s1. The van der Waals surface area contributed by atoms with Crippen LogP contribution in [0.4, 0.5) is 5.69 Å².